The predicted octanol–water partition coefficient (Wildman–Crippen LogP) is 3.57. The van der Waals surface area contributed by atoms with E-state index in [1.165, 1.54) is 0 Å². The van der Waals surface area contributed by atoms with Crippen LogP contribution in [0.15, 0.2) is 75.1 Å². The van der Waals surface area contributed by atoms with E-state index in [2.05, 4.69) is 20.7 Å². The molecule has 2 heterocycles. The van der Waals surface area contributed by atoms with Gasteiger partial charge in [0, 0.05) is 16.2 Å². The maximum absolute atomic E-state index is 12.2. The van der Waals surface area contributed by atoms with Gasteiger partial charge in [-0.25, -0.2) is 4.79 Å². The van der Waals surface area contributed by atoms with Gasteiger partial charge in [-0.05, 0) is 19.1 Å². The van der Waals surface area contributed by atoms with Crippen molar-refractivity contribution >= 4 is 33.3 Å². The van der Waals surface area contributed by atoms with Crippen molar-refractivity contribution in [2.75, 3.05) is 5.43 Å². The van der Waals surface area contributed by atoms with Crippen LogP contribution in [0.25, 0.3) is 21.7 Å². The Morgan fingerprint density at radius 2 is 1.84 bits per heavy atom. The van der Waals surface area contributed by atoms with Crippen LogP contribution >= 0.6 is 0 Å². The van der Waals surface area contributed by atoms with E-state index in [-0.39, 0.29) is 0 Å². The summed E-state index contributed by atoms with van der Waals surface area (Å²) in [6.45, 7) is 1.74. The Bertz CT molecular complexity index is 1160. The van der Waals surface area contributed by atoms with Gasteiger partial charge in [0.05, 0.1) is 17.5 Å². The van der Waals surface area contributed by atoms with Crippen LogP contribution in [0.3, 0.4) is 0 Å². The highest BCUT2D eigenvalue weighted by atomic mass is 16.4. The molecule has 4 aromatic rings. The fourth-order valence-corrected chi connectivity index (χ4v) is 2.62. The number of rotatable bonds is 3. The van der Waals surface area contributed by atoms with Crippen LogP contribution in [0.5, 0.6) is 0 Å². The Kier molecular flexibility index (Phi) is 3.70. The lowest BCUT2D eigenvalue weighted by Crippen LogP contribution is -2.13. The molecule has 6 nitrogen and oxygen atoms in total. The normalized spacial score (nSPS) is 11.8. The molecule has 0 saturated carbocycles. The summed E-state index contributed by atoms with van der Waals surface area (Å²) in [4.78, 5) is 12.2. The van der Waals surface area contributed by atoms with Crippen LogP contribution in [0.4, 0.5) is 5.82 Å². The lowest BCUT2D eigenvalue weighted by atomic mass is 10.1. The number of aromatic nitrogens is 2. The van der Waals surface area contributed by atoms with Gasteiger partial charge >= 0.3 is 5.63 Å². The molecule has 0 radical (unpaired) electrons. The predicted molar refractivity (Wildman–Crippen MR) is 97.9 cm³/mol. The monoisotopic (exact) mass is 330 g/mol. The largest absolute Gasteiger partial charge is 0.422 e. The minimum atomic E-state index is -0.425. The molecule has 0 atom stereocenters. The number of benzene rings is 2. The number of hydrogen-bond acceptors (Lipinski definition) is 6. The van der Waals surface area contributed by atoms with E-state index in [1.54, 1.807) is 25.3 Å². The van der Waals surface area contributed by atoms with Crippen LogP contribution in [0.2, 0.25) is 0 Å². The van der Waals surface area contributed by atoms with Gasteiger partial charge in [0.25, 0.3) is 0 Å². The van der Waals surface area contributed by atoms with Crippen LogP contribution in [-0.2, 0) is 0 Å². The molecule has 2 aromatic heterocycles. The summed E-state index contributed by atoms with van der Waals surface area (Å²) in [7, 11) is 0. The third-order valence-electron chi connectivity index (χ3n) is 3.93. The lowest BCUT2D eigenvalue weighted by molar-refractivity contribution is 0.559. The Morgan fingerprint density at radius 1 is 1.08 bits per heavy atom. The molecule has 0 aliphatic carbocycles. The summed E-state index contributed by atoms with van der Waals surface area (Å²) < 4.78 is 5.34. The molecule has 2 aromatic carbocycles. The van der Waals surface area contributed by atoms with Gasteiger partial charge in [0.1, 0.15) is 5.58 Å². The molecule has 0 fully saturated rings. The number of nitrogens with one attached hydrogen (secondary N) is 1. The Hall–Kier alpha value is -3.54. The lowest BCUT2D eigenvalue weighted by Gasteiger charge is -2.05. The van der Waals surface area contributed by atoms with Crippen LogP contribution < -0.4 is 11.1 Å². The van der Waals surface area contributed by atoms with Crippen molar-refractivity contribution in [3.05, 3.63) is 76.8 Å². The van der Waals surface area contributed by atoms with Crippen LogP contribution in [0, 0.1) is 0 Å². The van der Waals surface area contributed by atoms with Gasteiger partial charge in [-0.2, -0.15) is 10.2 Å². The van der Waals surface area contributed by atoms with E-state index >= 15 is 0 Å². The first kappa shape index (κ1) is 15.0. The summed E-state index contributed by atoms with van der Waals surface area (Å²) in [6, 6.07) is 16.9. The highest BCUT2D eigenvalue weighted by Crippen LogP contribution is 2.19. The molecule has 0 saturated heterocycles. The van der Waals surface area contributed by atoms with Crippen molar-refractivity contribution in [1.82, 2.24) is 10.2 Å². The quantitative estimate of drug-likeness (QED) is 0.353. The Balaban J connectivity index is 1.72. The molecule has 6 heteroatoms. The molecule has 4 rings (SSSR count). The zero-order chi connectivity index (χ0) is 17.2. The van der Waals surface area contributed by atoms with Crippen molar-refractivity contribution in [2.45, 2.75) is 6.92 Å². The molecule has 0 bridgehead atoms. The smallest absolute Gasteiger partial charge is 0.345 e. The van der Waals surface area contributed by atoms with E-state index < -0.39 is 5.63 Å². The van der Waals surface area contributed by atoms with Crippen molar-refractivity contribution in [1.29, 1.82) is 0 Å². The van der Waals surface area contributed by atoms with Crippen molar-refractivity contribution in [2.24, 2.45) is 5.10 Å². The van der Waals surface area contributed by atoms with Crippen LogP contribution in [0.1, 0.15) is 12.5 Å². The molecule has 0 spiro atoms. The highest BCUT2D eigenvalue weighted by Gasteiger charge is 2.09. The third kappa shape index (κ3) is 2.85. The summed E-state index contributed by atoms with van der Waals surface area (Å²) in [6.07, 6.45) is 1.69. The maximum Gasteiger partial charge on any atom is 0.345 e. The molecular weight excluding hydrogens is 316 g/mol. The third-order valence-corrected chi connectivity index (χ3v) is 3.93. The standard InChI is InChI=1S/C19H14N4O2/c1-12(16-10-13-6-3-5-9-17(13)25-19(16)24)21-23-18-15-8-4-2-7-14(15)11-20-22-18/h2-11H,1H3,(H,22,23). The van der Waals surface area contributed by atoms with Gasteiger partial charge in [0.15, 0.2) is 5.82 Å². The molecule has 0 aliphatic rings. The van der Waals surface area contributed by atoms with E-state index in [9.17, 15) is 4.79 Å². The van der Waals surface area contributed by atoms with E-state index in [1.807, 2.05) is 42.5 Å². The molecular formula is C19H14N4O2. The average molecular weight is 330 g/mol. The zero-order valence-corrected chi connectivity index (χ0v) is 13.4. The van der Waals surface area contributed by atoms with Gasteiger partial charge in [0.2, 0.25) is 0 Å². The summed E-state index contributed by atoms with van der Waals surface area (Å²) in [5, 5.41) is 15.0. The second-order valence-corrected chi connectivity index (χ2v) is 5.57. The first-order valence-corrected chi connectivity index (χ1v) is 7.76. The number of anilines is 1. The van der Waals surface area contributed by atoms with Crippen molar-refractivity contribution in [3.8, 4) is 0 Å². The molecule has 122 valence electrons. The SMILES string of the molecule is CC(=NNc1nncc2ccccc12)c1cc2ccccc2oc1=O. The number of nitrogens with zero attached hydrogens (tertiary/aromatic N) is 3. The van der Waals surface area contributed by atoms with Crippen molar-refractivity contribution in [3.63, 3.8) is 0 Å². The summed E-state index contributed by atoms with van der Waals surface area (Å²) >= 11 is 0. The van der Waals surface area contributed by atoms with E-state index in [4.69, 9.17) is 4.42 Å². The molecule has 25 heavy (non-hydrogen) atoms. The molecule has 0 amide bonds. The first-order chi connectivity index (χ1) is 12.2. The molecule has 0 aliphatic heterocycles. The maximum atomic E-state index is 12.2. The summed E-state index contributed by atoms with van der Waals surface area (Å²) in [5.74, 6) is 0.530. The van der Waals surface area contributed by atoms with E-state index in [0.29, 0.717) is 22.7 Å². The minimum Gasteiger partial charge on any atom is -0.422 e. The number of hydrogen-bond donors (Lipinski definition) is 1. The summed E-state index contributed by atoms with van der Waals surface area (Å²) in [5.41, 5.74) is 3.93. The Morgan fingerprint density at radius 3 is 2.72 bits per heavy atom. The number of fused-ring (bicyclic) bond motifs is 2. The van der Waals surface area contributed by atoms with Gasteiger partial charge < -0.3 is 4.42 Å². The van der Waals surface area contributed by atoms with Gasteiger partial charge in [-0.3, -0.25) is 5.43 Å². The first-order valence-electron chi connectivity index (χ1n) is 7.76. The van der Waals surface area contributed by atoms with Gasteiger partial charge in [-0.1, -0.05) is 42.5 Å². The molecule has 1 N–H and O–H groups in total. The highest BCUT2D eigenvalue weighted by molar-refractivity contribution is 6.01. The van der Waals surface area contributed by atoms with Crippen molar-refractivity contribution < 1.29 is 4.42 Å². The number of hydrazone groups is 1. The number of para-hydroxylation sites is 1. The second-order valence-electron chi connectivity index (χ2n) is 5.57. The Labute approximate surface area is 142 Å². The molecule has 0 unspecified atom stereocenters. The second kappa shape index (κ2) is 6.16. The minimum absolute atomic E-state index is 0.402. The van der Waals surface area contributed by atoms with E-state index in [0.717, 1.165) is 16.2 Å². The van der Waals surface area contributed by atoms with Crippen LogP contribution in [-0.4, -0.2) is 15.9 Å². The average Bonchev–Trinajstić information content (AvgIpc) is 2.65. The fourth-order valence-electron chi connectivity index (χ4n) is 2.62. The topological polar surface area (TPSA) is 80.4 Å². The zero-order valence-electron chi connectivity index (χ0n) is 13.4. The van der Waals surface area contributed by atoms with Gasteiger partial charge in [-0.15, -0.1) is 5.10 Å². The fraction of sp³-hybridized carbons (Fsp3) is 0.0526.